The van der Waals surface area contributed by atoms with Gasteiger partial charge in [0.2, 0.25) is 17.7 Å². The summed E-state index contributed by atoms with van der Waals surface area (Å²) in [5.74, 6) is -0.758. The zero-order valence-corrected chi connectivity index (χ0v) is 19.7. The zero-order chi connectivity index (χ0) is 24.0. The molecule has 10 heteroatoms. The zero-order valence-electron chi connectivity index (χ0n) is 18.9. The number of amides is 3. The lowest BCUT2D eigenvalue weighted by Gasteiger charge is -2.14. The predicted molar refractivity (Wildman–Crippen MR) is 129 cm³/mol. The Balaban J connectivity index is 1.59. The summed E-state index contributed by atoms with van der Waals surface area (Å²) in [5.41, 5.74) is 4.06. The van der Waals surface area contributed by atoms with Crippen LogP contribution < -0.4 is 16.0 Å². The molecule has 9 nitrogen and oxygen atoms in total. The van der Waals surface area contributed by atoms with E-state index in [0.29, 0.717) is 10.8 Å². The van der Waals surface area contributed by atoms with Crippen LogP contribution in [0.2, 0.25) is 0 Å². The minimum atomic E-state index is -0.514. The van der Waals surface area contributed by atoms with Gasteiger partial charge in [0.15, 0.2) is 5.16 Å². The van der Waals surface area contributed by atoms with Gasteiger partial charge in [0.25, 0.3) is 0 Å². The van der Waals surface area contributed by atoms with Crippen molar-refractivity contribution in [2.24, 2.45) is 0 Å². The van der Waals surface area contributed by atoms with Gasteiger partial charge in [-0.25, -0.2) is 0 Å². The van der Waals surface area contributed by atoms with Crippen molar-refractivity contribution in [3.63, 3.8) is 0 Å². The van der Waals surface area contributed by atoms with Gasteiger partial charge in [-0.1, -0.05) is 36.0 Å². The number of anilines is 2. The van der Waals surface area contributed by atoms with E-state index in [9.17, 15) is 14.4 Å². The van der Waals surface area contributed by atoms with Crippen LogP contribution in [0.5, 0.6) is 0 Å². The molecule has 0 radical (unpaired) electrons. The molecule has 0 aliphatic carbocycles. The summed E-state index contributed by atoms with van der Waals surface area (Å²) in [6, 6.07) is 13.0. The van der Waals surface area contributed by atoms with E-state index in [0.717, 1.165) is 22.5 Å². The lowest BCUT2D eigenvalue weighted by Crippen LogP contribution is -2.37. The maximum absolute atomic E-state index is 12.6. The highest BCUT2D eigenvalue weighted by molar-refractivity contribution is 8.00. The van der Waals surface area contributed by atoms with Crippen LogP contribution in [-0.4, -0.2) is 44.3 Å². The van der Waals surface area contributed by atoms with Crippen LogP contribution >= 0.6 is 11.8 Å². The summed E-state index contributed by atoms with van der Waals surface area (Å²) in [7, 11) is 0. The smallest absolute Gasteiger partial charge is 0.243 e. The third-order valence-electron chi connectivity index (χ3n) is 4.78. The maximum atomic E-state index is 12.6. The molecule has 0 saturated carbocycles. The Labute approximate surface area is 196 Å². The van der Waals surface area contributed by atoms with Crippen molar-refractivity contribution in [2.75, 3.05) is 17.2 Å². The van der Waals surface area contributed by atoms with E-state index in [-0.39, 0.29) is 24.3 Å². The first-order valence-electron chi connectivity index (χ1n) is 10.3. The van der Waals surface area contributed by atoms with Gasteiger partial charge in [0, 0.05) is 18.3 Å². The van der Waals surface area contributed by atoms with Gasteiger partial charge < -0.3 is 16.0 Å². The first-order chi connectivity index (χ1) is 15.7. The average Bonchev–Trinajstić information content (AvgIpc) is 3.22. The molecule has 1 heterocycles. The van der Waals surface area contributed by atoms with E-state index < -0.39 is 5.25 Å². The van der Waals surface area contributed by atoms with E-state index >= 15 is 0 Å². The fourth-order valence-electron chi connectivity index (χ4n) is 3.14. The fraction of sp³-hybridized carbons (Fsp3) is 0.261. The van der Waals surface area contributed by atoms with Crippen LogP contribution in [-0.2, 0) is 14.4 Å². The highest BCUT2D eigenvalue weighted by Gasteiger charge is 2.19. The van der Waals surface area contributed by atoms with Crippen LogP contribution in [0.4, 0.5) is 11.4 Å². The number of benzene rings is 2. The second-order valence-corrected chi connectivity index (χ2v) is 8.82. The van der Waals surface area contributed by atoms with Crippen LogP contribution in [0.3, 0.4) is 0 Å². The largest absolute Gasteiger partial charge is 0.346 e. The van der Waals surface area contributed by atoms with Gasteiger partial charge in [-0.15, -0.1) is 10.2 Å². The summed E-state index contributed by atoms with van der Waals surface area (Å²) in [6.07, 6.45) is 1.54. The van der Waals surface area contributed by atoms with Crippen molar-refractivity contribution < 1.29 is 14.4 Å². The molecule has 33 heavy (non-hydrogen) atoms. The predicted octanol–water partition coefficient (Wildman–Crippen LogP) is 3.08. The molecule has 3 amide bonds. The van der Waals surface area contributed by atoms with E-state index in [1.165, 1.54) is 25.0 Å². The monoisotopic (exact) mass is 466 g/mol. The normalized spacial score (nSPS) is 11.5. The van der Waals surface area contributed by atoms with Crippen molar-refractivity contribution in [3.8, 4) is 5.69 Å². The number of carbonyl (C=O) groups excluding carboxylic acids is 3. The molecule has 0 aliphatic heterocycles. The standard InChI is InChI=1S/C23H26N6O3S/c1-14-7-5-8-15(2)21(14)27-20(31)12-24-22(32)16(3)33-23-28-25-13-29(23)19-10-6-9-18(11-19)26-17(4)30/h5-11,13,16H,12H2,1-4H3,(H,24,32)(H,26,30)(H,27,31)/t16-/m1/s1. The Kier molecular flexibility index (Phi) is 7.83. The number of thioether (sulfide) groups is 1. The summed E-state index contributed by atoms with van der Waals surface area (Å²) in [4.78, 5) is 36.2. The number of para-hydroxylation sites is 1. The van der Waals surface area contributed by atoms with Crippen LogP contribution in [0.25, 0.3) is 5.69 Å². The average molecular weight is 467 g/mol. The Morgan fingerprint density at radius 2 is 1.76 bits per heavy atom. The molecule has 3 N–H and O–H groups in total. The minimum absolute atomic E-state index is 0.136. The Morgan fingerprint density at radius 3 is 2.45 bits per heavy atom. The van der Waals surface area contributed by atoms with Crippen LogP contribution in [0.1, 0.15) is 25.0 Å². The SMILES string of the molecule is CC(=O)Nc1cccc(-n2cnnc2S[C@H](C)C(=O)NCC(=O)Nc2c(C)cccc2C)c1. The number of aromatic nitrogens is 3. The molecule has 1 atom stereocenters. The first-order valence-corrected chi connectivity index (χ1v) is 11.2. The topological polar surface area (TPSA) is 118 Å². The van der Waals surface area contributed by atoms with Gasteiger partial charge in [0.1, 0.15) is 6.33 Å². The van der Waals surface area contributed by atoms with E-state index in [1.807, 2.05) is 38.1 Å². The van der Waals surface area contributed by atoms with E-state index in [4.69, 9.17) is 0 Å². The number of carbonyl (C=O) groups is 3. The molecule has 3 aromatic rings. The van der Waals surface area contributed by atoms with Crippen LogP contribution in [0.15, 0.2) is 53.9 Å². The second kappa shape index (κ2) is 10.8. The lowest BCUT2D eigenvalue weighted by atomic mass is 10.1. The number of nitrogens with zero attached hydrogens (tertiary/aromatic N) is 3. The lowest BCUT2D eigenvalue weighted by molar-refractivity contribution is -0.123. The molecule has 2 aromatic carbocycles. The first kappa shape index (κ1) is 24.0. The summed E-state index contributed by atoms with van der Waals surface area (Å²) < 4.78 is 1.73. The Bertz CT molecular complexity index is 1160. The van der Waals surface area contributed by atoms with Crippen molar-refractivity contribution >= 4 is 40.9 Å². The van der Waals surface area contributed by atoms with Crippen molar-refractivity contribution in [1.29, 1.82) is 0 Å². The van der Waals surface area contributed by atoms with E-state index in [2.05, 4.69) is 26.1 Å². The van der Waals surface area contributed by atoms with Gasteiger partial charge in [0.05, 0.1) is 17.5 Å². The van der Waals surface area contributed by atoms with Crippen LogP contribution in [0, 0.1) is 13.8 Å². The highest BCUT2D eigenvalue weighted by atomic mass is 32.2. The Hall–Kier alpha value is -3.66. The molecule has 0 saturated heterocycles. The molecule has 1 aromatic heterocycles. The third kappa shape index (κ3) is 6.42. The van der Waals surface area contributed by atoms with Gasteiger partial charge in [-0.2, -0.15) is 0 Å². The molecular weight excluding hydrogens is 440 g/mol. The third-order valence-corrected chi connectivity index (χ3v) is 5.84. The quantitative estimate of drug-likeness (QED) is 0.439. The highest BCUT2D eigenvalue weighted by Crippen LogP contribution is 2.25. The second-order valence-electron chi connectivity index (χ2n) is 7.51. The van der Waals surface area contributed by atoms with Crippen molar-refractivity contribution in [1.82, 2.24) is 20.1 Å². The molecule has 0 bridgehead atoms. The number of hydrogen-bond donors (Lipinski definition) is 3. The molecule has 0 unspecified atom stereocenters. The maximum Gasteiger partial charge on any atom is 0.243 e. The minimum Gasteiger partial charge on any atom is -0.346 e. The molecule has 0 fully saturated rings. The molecule has 3 rings (SSSR count). The van der Waals surface area contributed by atoms with Gasteiger partial charge in [-0.05, 0) is 50.1 Å². The number of aryl methyl sites for hydroxylation is 2. The number of rotatable bonds is 8. The Morgan fingerprint density at radius 1 is 1.06 bits per heavy atom. The fourth-order valence-corrected chi connectivity index (χ4v) is 4.00. The molecular formula is C23H26N6O3S. The van der Waals surface area contributed by atoms with Crippen molar-refractivity contribution in [3.05, 3.63) is 59.9 Å². The van der Waals surface area contributed by atoms with E-state index in [1.54, 1.807) is 29.7 Å². The molecule has 0 spiro atoms. The molecule has 0 aliphatic rings. The summed E-state index contributed by atoms with van der Waals surface area (Å²) >= 11 is 1.22. The summed E-state index contributed by atoms with van der Waals surface area (Å²) in [6.45, 7) is 6.87. The van der Waals surface area contributed by atoms with Gasteiger partial charge >= 0.3 is 0 Å². The van der Waals surface area contributed by atoms with Crippen molar-refractivity contribution in [2.45, 2.75) is 38.1 Å². The van der Waals surface area contributed by atoms with Gasteiger partial charge in [-0.3, -0.25) is 19.0 Å². The number of nitrogens with one attached hydrogen (secondary N) is 3. The summed E-state index contributed by atoms with van der Waals surface area (Å²) in [5, 5.41) is 16.3. The molecule has 172 valence electrons. The number of hydrogen-bond acceptors (Lipinski definition) is 6.